The highest BCUT2D eigenvalue weighted by molar-refractivity contribution is 6.33. The van der Waals surface area contributed by atoms with Crippen LogP contribution in [-0.2, 0) is 6.54 Å². The van der Waals surface area contributed by atoms with E-state index in [1.807, 2.05) is 31.2 Å². The fraction of sp³-hybridized carbons (Fsp3) is 0.185. The van der Waals surface area contributed by atoms with Crippen molar-refractivity contribution in [3.8, 4) is 23.0 Å². The molecule has 2 aromatic carbocycles. The van der Waals surface area contributed by atoms with Gasteiger partial charge in [-0.3, -0.25) is 9.67 Å². The van der Waals surface area contributed by atoms with E-state index < -0.39 is 11.6 Å². The minimum Gasteiger partial charge on any atom is -0.494 e. The van der Waals surface area contributed by atoms with Gasteiger partial charge in [0, 0.05) is 35.0 Å². The summed E-state index contributed by atoms with van der Waals surface area (Å²) in [6.45, 7) is 3.75. The van der Waals surface area contributed by atoms with Crippen molar-refractivity contribution in [3.05, 3.63) is 82.8 Å². The Morgan fingerprint density at radius 3 is 2.55 bits per heavy atom. The van der Waals surface area contributed by atoms with E-state index in [2.05, 4.69) is 25.4 Å². The molecule has 0 bridgehead atoms. The topological polar surface area (TPSA) is 87.0 Å². The van der Waals surface area contributed by atoms with Gasteiger partial charge in [-0.1, -0.05) is 29.8 Å². The lowest BCUT2D eigenvalue weighted by Crippen LogP contribution is -2.07. The molecule has 3 aromatic heterocycles. The van der Waals surface area contributed by atoms with Gasteiger partial charge in [0.1, 0.15) is 23.1 Å². The number of fused-ring (bicyclic) bond motifs is 1. The van der Waals surface area contributed by atoms with E-state index in [0.717, 1.165) is 5.69 Å². The number of nitrogens with zero attached hydrogens (tertiary/aromatic N) is 5. The van der Waals surface area contributed by atoms with E-state index in [1.54, 1.807) is 19.2 Å². The first kappa shape index (κ1) is 25.3. The zero-order valence-electron chi connectivity index (χ0n) is 20.8. The maximum absolute atomic E-state index is 14.8. The van der Waals surface area contributed by atoms with Gasteiger partial charge < -0.3 is 14.8 Å². The fourth-order valence-electron chi connectivity index (χ4n) is 4.03. The first-order valence-electron chi connectivity index (χ1n) is 11.7. The Balaban J connectivity index is 1.57. The number of aromatic nitrogens is 5. The number of methoxy groups -OCH3 is 1. The van der Waals surface area contributed by atoms with Crippen molar-refractivity contribution in [1.29, 1.82) is 0 Å². The zero-order chi connectivity index (χ0) is 26.8. The second-order valence-electron chi connectivity index (χ2n) is 8.36. The number of nitrogens with one attached hydrogen (secondary N) is 1. The predicted molar refractivity (Wildman–Crippen MR) is 141 cm³/mol. The molecule has 3 heterocycles. The third-order valence-electron chi connectivity index (χ3n) is 5.82. The van der Waals surface area contributed by atoms with Gasteiger partial charge in [0.05, 0.1) is 42.7 Å². The molecule has 1 N–H and O–H groups in total. The number of benzene rings is 2. The number of rotatable bonds is 8. The molecule has 0 aliphatic carbocycles. The van der Waals surface area contributed by atoms with E-state index in [9.17, 15) is 8.78 Å². The van der Waals surface area contributed by atoms with Crippen LogP contribution in [0.25, 0.3) is 22.4 Å². The molecule has 194 valence electrons. The van der Waals surface area contributed by atoms with E-state index in [1.165, 1.54) is 30.1 Å². The molecule has 8 nitrogen and oxygen atoms in total. The average molecular weight is 537 g/mol. The average Bonchev–Trinajstić information content (AvgIpc) is 3.27. The fourth-order valence-corrected chi connectivity index (χ4v) is 4.18. The molecular formula is C27H23ClF2N6O2. The van der Waals surface area contributed by atoms with Crippen molar-refractivity contribution >= 4 is 34.0 Å². The molecule has 0 saturated carbocycles. The summed E-state index contributed by atoms with van der Waals surface area (Å²) in [5, 5.41) is 8.95. The van der Waals surface area contributed by atoms with Crippen LogP contribution in [-0.4, -0.2) is 38.4 Å². The second-order valence-corrected chi connectivity index (χ2v) is 8.77. The molecule has 0 fully saturated rings. The maximum atomic E-state index is 14.8. The number of para-hydroxylation sites is 1. The molecule has 0 radical (unpaired) electrons. The monoisotopic (exact) mass is 536 g/mol. The lowest BCUT2D eigenvalue weighted by atomic mass is 10.1. The van der Waals surface area contributed by atoms with Crippen molar-refractivity contribution in [2.45, 2.75) is 20.4 Å². The van der Waals surface area contributed by atoms with Crippen LogP contribution in [0.2, 0.25) is 5.02 Å². The summed E-state index contributed by atoms with van der Waals surface area (Å²) < 4.78 is 41.9. The molecule has 5 aromatic rings. The summed E-state index contributed by atoms with van der Waals surface area (Å²) in [5.41, 5.74) is 2.34. The molecule has 0 spiro atoms. The SMILES string of the molecule is CCOc1cc(F)c(Cn2nc(-c3ncc(OC)c(Nc4cc(C)ncc4Cl)n3)c3ccccc32)c(F)c1. The summed E-state index contributed by atoms with van der Waals surface area (Å²) in [7, 11) is 1.51. The Labute approximate surface area is 222 Å². The number of hydrogen-bond acceptors (Lipinski definition) is 7. The van der Waals surface area contributed by atoms with Gasteiger partial charge >= 0.3 is 0 Å². The molecule has 5 rings (SSSR count). The van der Waals surface area contributed by atoms with Crippen LogP contribution in [0.5, 0.6) is 11.5 Å². The number of hydrogen-bond donors (Lipinski definition) is 1. The number of halogens is 3. The molecule has 0 aliphatic heterocycles. The standard InChI is InChI=1S/C27H23ClF2N6O2/c1-4-38-16-10-20(29)18(21(30)11-16)14-36-23-8-6-5-7-17(23)25(35-36)27-32-13-24(37-3)26(34-27)33-22-9-15(2)31-12-19(22)28/h5-13H,4,14H2,1-3H3,(H,31,32,33,34). The number of ether oxygens (including phenoxy) is 2. The minimum absolute atomic E-state index is 0.131. The normalized spacial score (nSPS) is 11.1. The summed E-state index contributed by atoms with van der Waals surface area (Å²) in [5.74, 6) is -0.252. The van der Waals surface area contributed by atoms with Crippen molar-refractivity contribution in [1.82, 2.24) is 24.7 Å². The highest BCUT2D eigenvalue weighted by Crippen LogP contribution is 2.33. The van der Waals surface area contributed by atoms with Crippen LogP contribution in [0, 0.1) is 18.6 Å². The van der Waals surface area contributed by atoms with Gasteiger partial charge in [-0.25, -0.2) is 18.7 Å². The largest absolute Gasteiger partial charge is 0.494 e. The maximum Gasteiger partial charge on any atom is 0.183 e. The smallest absolute Gasteiger partial charge is 0.183 e. The second kappa shape index (κ2) is 10.6. The number of aryl methyl sites for hydroxylation is 1. The van der Waals surface area contributed by atoms with Crippen molar-refractivity contribution in [3.63, 3.8) is 0 Å². The molecule has 0 aliphatic rings. The van der Waals surface area contributed by atoms with E-state index in [0.29, 0.717) is 45.5 Å². The van der Waals surface area contributed by atoms with Gasteiger partial charge in [0.2, 0.25) is 0 Å². The minimum atomic E-state index is -0.716. The van der Waals surface area contributed by atoms with Gasteiger partial charge in [-0.2, -0.15) is 5.10 Å². The Bertz CT molecular complexity index is 1620. The van der Waals surface area contributed by atoms with Crippen LogP contribution in [0.3, 0.4) is 0 Å². The highest BCUT2D eigenvalue weighted by Gasteiger charge is 2.20. The van der Waals surface area contributed by atoms with E-state index >= 15 is 0 Å². The van der Waals surface area contributed by atoms with Gasteiger partial charge in [-0.15, -0.1) is 0 Å². The molecule has 38 heavy (non-hydrogen) atoms. The summed E-state index contributed by atoms with van der Waals surface area (Å²) >= 11 is 6.32. The van der Waals surface area contributed by atoms with E-state index in [4.69, 9.17) is 21.1 Å². The molecule has 0 saturated heterocycles. The molecule has 0 unspecified atom stereocenters. The van der Waals surface area contributed by atoms with Crippen molar-refractivity contribution in [2.24, 2.45) is 0 Å². The third-order valence-corrected chi connectivity index (χ3v) is 6.12. The highest BCUT2D eigenvalue weighted by atomic mass is 35.5. The predicted octanol–water partition coefficient (Wildman–Crippen LogP) is 6.33. The first-order chi connectivity index (χ1) is 18.4. The first-order valence-corrected chi connectivity index (χ1v) is 12.1. The van der Waals surface area contributed by atoms with Crippen LogP contribution < -0.4 is 14.8 Å². The van der Waals surface area contributed by atoms with Crippen LogP contribution in [0.1, 0.15) is 18.2 Å². The number of anilines is 2. The lowest BCUT2D eigenvalue weighted by Gasteiger charge is -2.12. The van der Waals surface area contributed by atoms with Crippen LogP contribution >= 0.6 is 11.6 Å². The Morgan fingerprint density at radius 1 is 1.05 bits per heavy atom. The Hall–Kier alpha value is -4.31. The molecule has 0 atom stereocenters. The van der Waals surface area contributed by atoms with Gasteiger partial charge in [0.25, 0.3) is 0 Å². The Morgan fingerprint density at radius 2 is 1.82 bits per heavy atom. The summed E-state index contributed by atoms with van der Waals surface area (Å²) in [6.07, 6.45) is 3.06. The quantitative estimate of drug-likeness (QED) is 0.248. The third kappa shape index (κ3) is 4.95. The van der Waals surface area contributed by atoms with Crippen molar-refractivity contribution in [2.75, 3.05) is 19.0 Å². The Kier molecular flexibility index (Phi) is 7.06. The van der Waals surface area contributed by atoms with E-state index in [-0.39, 0.29) is 23.7 Å². The molecule has 11 heteroatoms. The molecular weight excluding hydrogens is 514 g/mol. The lowest BCUT2D eigenvalue weighted by molar-refractivity contribution is 0.335. The van der Waals surface area contributed by atoms with Crippen LogP contribution in [0.4, 0.5) is 20.3 Å². The van der Waals surface area contributed by atoms with Crippen LogP contribution in [0.15, 0.2) is 54.9 Å². The van der Waals surface area contributed by atoms with Crippen molar-refractivity contribution < 1.29 is 18.3 Å². The summed E-state index contributed by atoms with van der Waals surface area (Å²) in [6, 6.07) is 11.5. The van der Waals surface area contributed by atoms with Gasteiger partial charge in [-0.05, 0) is 26.0 Å². The summed E-state index contributed by atoms with van der Waals surface area (Å²) in [4.78, 5) is 13.3. The zero-order valence-corrected chi connectivity index (χ0v) is 21.6. The molecule has 0 amide bonds. The van der Waals surface area contributed by atoms with Gasteiger partial charge in [0.15, 0.2) is 17.4 Å². The number of pyridine rings is 1.